The molecule has 2 rings (SSSR count). The predicted molar refractivity (Wildman–Crippen MR) is 92.6 cm³/mol. The highest BCUT2D eigenvalue weighted by molar-refractivity contribution is 7.09. The van der Waals surface area contributed by atoms with E-state index in [0.29, 0.717) is 13.0 Å². The smallest absolute Gasteiger partial charge is 0.222 e. The van der Waals surface area contributed by atoms with Crippen LogP contribution in [0.5, 0.6) is 0 Å². The van der Waals surface area contributed by atoms with Crippen LogP contribution in [0.15, 0.2) is 5.51 Å². The first-order chi connectivity index (χ1) is 9.16. The molecule has 0 saturated carbocycles. The first kappa shape index (κ1) is 20.6. The molecule has 0 unspecified atom stereocenters. The number of aromatic nitrogens is 1. The fourth-order valence-corrected chi connectivity index (χ4v) is 3.30. The number of nitrogens with zero attached hydrogens (tertiary/aromatic N) is 2. The summed E-state index contributed by atoms with van der Waals surface area (Å²) in [6.45, 7) is 4.91. The summed E-state index contributed by atoms with van der Waals surface area (Å²) >= 11 is 1.63. The van der Waals surface area contributed by atoms with Gasteiger partial charge in [-0.1, -0.05) is 0 Å². The maximum Gasteiger partial charge on any atom is 0.222 e. The second-order valence-corrected chi connectivity index (χ2v) is 6.28. The molecule has 0 bridgehead atoms. The molecule has 1 fully saturated rings. The molecule has 0 aromatic carbocycles. The minimum Gasteiger partial charge on any atom is -0.341 e. The predicted octanol–water partition coefficient (Wildman–Crippen LogP) is 3.03. The number of aryl methyl sites for hydroxylation is 1. The molecule has 21 heavy (non-hydrogen) atoms. The SMILES string of the molecule is Cc1ncsc1CN(C)C(=O)CCC1CCNCC1.Cl.Cl. The minimum absolute atomic E-state index is 0. The van der Waals surface area contributed by atoms with Crippen molar-refractivity contribution in [2.24, 2.45) is 5.92 Å². The van der Waals surface area contributed by atoms with Crippen molar-refractivity contribution in [3.05, 3.63) is 16.1 Å². The van der Waals surface area contributed by atoms with Crippen LogP contribution < -0.4 is 5.32 Å². The maximum atomic E-state index is 12.1. The van der Waals surface area contributed by atoms with Gasteiger partial charge in [0.05, 0.1) is 17.7 Å². The summed E-state index contributed by atoms with van der Waals surface area (Å²) < 4.78 is 0. The van der Waals surface area contributed by atoms with Gasteiger partial charge >= 0.3 is 0 Å². The van der Waals surface area contributed by atoms with Gasteiger partial charge in [-0.15, -0.1) is 36.2 Å². The van der Waals surface area contributed by atoms with Crippen molar-refractivity contribution in [1.29, 1.82) is 0 Å². The highest BCUT2D eigenvalue weighted by atomic mass is 35.5. The molecular formula is C14H25Cl2N3OS. The van der Waals surface area contributed by atoms with Crippen molar-refractivity contribution in [3.8, 4) is 0 Å². The molecule has 1 aliphatic heterocycles. The average Bonchev–Trinajstić information content (AvgIpc) is 2.82. The number of rotatable bonds is 5. The Morgan fingerprint density at radius 2 is 2.10 bits per heavy atom. The van der Waals surface area contributed by atoms with Crippen LogP contribution in [0.1, 0.15) is 36.3 Å². The lowest BCUT2D eigenvalue weighted by Gasteiger charge is -2.23. The van der Waals surface area contributed by atoms with E-state index in [1.165, 1.54) is 17.7 Å². The Morgan fingerprint density at radius 1 is 1.43 bits per heavy atom. The number of amides is 1. The van der Waals surface area contributed by atoms with Crippen LogP contribution in [0.4, 0.5) is 0 Å². The van der Waals surface area contributed by atoms with E-state index < -0.39 is 0 Å². The second kappa shape index (κ2) is 10.4. The lowest BCUT2D eigenvalue weighted by Crippen LogP contribution is -2.30. The zero-order valence-corrected chi connectivity index (χ0v) is 15.1. The van der Waals surface area contributed by atoms with Crippen LogP contribution in [0.3, 0.4) is 0 Å². The van der Waals surface area contributed by atoms with Gasteiger partial charge in [0.2, 0.25) is 5.91 Å². The number of hydrogen-bond donors (Lipinski definition) is 1. The van der Waals surface area contributed by atoms with E-state index in [1.807, 2.05) is 24.4 Å². The van der Waals surface area contributed by atoms with Gasteiger partial charge in [-0.05, 0) is 45.2 Å². The third kappa shape index (κ3) is 6.51. The van der Waals surface area contributed by atoms with Crippen molar-refractivity contribution >= 4 is 42.1 Å². The second-order valence-electron chi connectivity index (χ2n) is 5.34. The number of thiazole rings is 1. The third-order valence-electron chi connectivity index (χ3n) is 3.88. The fraction of sp³-hybridized carbons (Fsp3) is 0.714. The fourth-order valence-electron chi connectivity index (χ4n) is 2.47. The number of hydrogen-bond acceptors (Lipinski definition) is 4. The standard InChI is InChI=1S/C14H23N3OS.2ClH/c1-11-13(19-10-16-11)9-17(2)14(18)4-3-12-5-7-15-8-6-12;;/h10,12,15H,3-9H2,1-2H3;2*1H. The van der Waals surface area contributed by atoms with Gasteiger partial charge in [0.1, 0.15) is 0 Å². The van der Waals surface area contributed by atoms with Crippen LogP contribution in [0.2, 0.25) is 0 Å². The van der Waals surface area contributed by atoms with Crippen molar-refractivity contribution in [1.82, 2.24) is 15.2 Å². The molecule has 0 atom stereocenters. The van der Waals surface area contributed by atoms with Crippen molar-refractivity contribution in [3.63, 3.8) is 0 Å². The lowest BCUT2D eigenvalue weighted by molar-refractivity contribution is -0.130. The average molecular weight is 354 g/mol. The minimum atomic E-state index is 0. The molecule has 7 heteroatoms. The van der Waals surface area contributed by atoms with Crippen LogP contribution in [-0.2, 0) is 11.3 Å². The van der Waals surface area contributed by atoms with Crippen LogP contribution in [0, 0.1) is 12.8 Å². The Bertz CT molecular complexity index is 422. The number of carbonyl (C=O) groups excluding carboxylic acids is 1. The topological polar surface area (TPSA) is 45.2 Å². The molecule has 0 radical (unpaired) electrons. The number of piperidine rings is 1. The number of halogens is 2. The van der Waals surface area contributed by atoms with E-state index in [4.69, 9.17) is 0 Å². The molecule has 1 aliphatic rings. The molecule has 2 heterocycles. The van der Waals surface area contributed by atoms with Crippen LogP contribution >= 0.6 is 36.2 Å². The van der Waals surface area contributed by atoms with Gasteiger partial charge in [-0.2, -0.15) is 0 Å². The zero-order chi connectivity index (χ0) is 13.7. The van der Waals surface area contributed by atoms with E-state index >= 15 is 0 Å². The van der Waals surface area contributed by atoms with Gasteiger partial charge in [-0.3, -0.25) is 4.79 Å². The van der Waals surface area contributed by atoms with Gasteiger partial charge in [-0.25, -0.2) is 4.98 Å². The Labute approximate surface area is 143 Å². The highest BCUT2D eigenvalue weighted by Crippen LogP contribution is 2.19. The van der Waals surface area contributed by atoms with E-state index in [1.54, 1.807) is 11.3 Å². The van der Waals surface area contributed by atoms with Crippen molar-refractivity contribution in [2.45, 2.75) is 39.2 Å². The Kier molecular flexibility index (Phi) is 10.2. The molecular weight excluding hydrogens is 329 g/mol. The van der Waals surface area contributed by atoms with Crippen molar-refractivity contribution in [2.75, 3.05) is 20.1 Å². The monoisotopic (exact) mass is 353 g/mol. The lowest BCUT2D eigenvalue weighted by atomic mass is 9.93. The zero-order valence-electron chi connectivity index (χ0n) is 12.6. The first-order valence-corrected chi connectivity index (χ1v) is 7.88. The molecule has 4 nitrogen and oxygen atoms in total. The normalized spacial score (nSPS) is 15.0. The van der Waals surface area contributed by atoms with E-state index in [-0.39, 0.29) is 30.7 Å². The molecule has 1 aromatic rings. The third-order valence-corrected chi connectivity index (χ3v) is 4.80. The highest BCUT2D eigenvalue weighted by Gasteiger charge is 2.17. The summed E-state index contributed by atoms with van der Waals surface area (Å²) in [5, 5.41) is 3.36. The van der Waals surface area contributed by atoms with Gasteiger partial charge in [0.25, 0.3) is 0 Å². The molecule has 1 aromatic heterocycles. The molecule has 122 valence electrons. The van der Waals surface area contributed by atoms with Crippen LogP contribution in [-0.4, -0.2) is 35.9 Å². The molecule has 1 saturated heterocycles. The van der Waals surface area contributed by atoms with Crippen LogP contribution in [0.25, 0.3) is 0 Å². The summed E-state index contributed by atoms with van der Waals surface area (Å²) in [6.07, 6.45) is 4.14. The van der Waals surface area contributed by atoms with E-state index in [0.717, 1.165) is 31.1 Å². The molecule has 0 spiro atoms. The Morgan fingerprint density at radius 3 is 2.67 bits per heavy atom. The molecule has 0 aliphatic carbocycles. The Balaban J connectivity index is 0.00000200. The summed E-state index contributed by atoms with van der Waals surface area (Å²) in [6, 6.07) is 0. The largest absolute Gasteiger partial charge is 0.341 e. The summed E-state index contributed by atoms with van der Waals surface area (Å²) in [7, 11) is 1.89. The summed E-state index contributed by atoms with van der Waals surface area (Å²) in [5.74, 6) is 0.982. The quantitative estimate of drug-likeness (QED) is 0.884. The van der Waals surface area contributed by atoms with Gasteiger partial charge in [0, 0.05) is 18.3 Å². The Hall–Kier alpha value is -0.360. The van der Waals surface area contributed by atoms with E-state index in [2.05, 4.69) is 10.3 Å². The number of carbonyl (C=O) groups is 1. The maximum absolute atomic E-state index is 12.1. The van der Waals surface area contributed by atoms with Gasteiger partial charge in [0.15, 0.2) is 0 Å². The first-order valence-electron chi connectivity index (χ1n) is 7.00. The summed E-state index contributed by atoms with van der Waals surface area (Å²) in [5.41, 5.74) is 2.89. The number of nitrogens with one attached hydrogen (secondary N) is 1. The van der Waals surface area contributed by atoms with Crippen molar-refractivity contribution < 1.29 is 4.79 Å². The van der Waals surface area contributed by atoms with E-state index in [9.17, 15) is 4.79 Å². The molecule has 1 amide bonds. The van der Waals surface area contributed by atoms with Gasteiger partial charge < -0.3 is 10.2 Å². The molecule has 1 N–H and O–H groups in total. The summed E-state index contributed by atoms with van der Waals surface area (Å²) in [4.78, 5) is 19.4.